The third-order valence-electron chi connectivity index (χ3n) is 2.36. The van der Waals surface area contributed by atoms with Crippen molar-refractivity contribution in [3.8, 4) is 0 Å². The van der Waals surface area contributed by atoms with Crippen LogP contribution in [0.25, 0.3) is 0 Å². The summed E-state index contributed by atoms with van der Waals surface area (Å²) in [5.74, 6) is -1.42. The normalized spacial score (nSPS) is 11.3. The van der Waals surface area contributed by atoms with Gasteiger partial charge in [0.1, 0.15) is 5.60 Å². The van der Waals surface area contributed by atoms with E-state index in [9.17, 15) is 9.59 Å². The summed E-state index contributed by atoms with van der Waals surface area (Å²) >= 11 is 0. The van der Waals surface area contributed by atoms with Crippen molar-refractivity contribution in [3.05, 3.63) is 48.0 Å². The molecule has 0 bridgehead atoms. The standard InChI is InChI=1S/C14H16O5/c1-14(2,11-7-5-4-6-8-11)19-18-13(16)10-9-12(15)17-3/h4-10H,1-3H3. The minimum Gasteiger partial charge on any atom is -0.466 e. The molecule has 0 saturated heterocycles. The molecule has 0 unspecified atom stereocenters. The van der Waals surface area contributed by atoms with Crippen molar-refractivity contribution < 1.29 is 24.1 Å². The monoisotopic (exact) mass is 264 g/mol. The highest BCUT2D eigenvalue weighted by molar-refractivity contribution is 5.91. The fourth-order valence-corrected chi connectivity index (χ4v) is 1.26. The molecule has 0 aliphatic heterocycles. The number of benzene rings is 1. The molecule has 1 rings (SSSR count). The Hall–Kier alpha value is -2.14. The number of ether oxygens (including phenoxy) is 1. The second-order valence-corrected chi connectivity index (χ2v) is 4.22. The molecule has 0 atom stereocenters. The topological polar surface area (TPSA) is 61.8 Å². The van der Waals surface area contributed by atoms with Crippen molar-refractivity contribution in [1.29, 1.82) is 0 Å². The molecule has 0 radical (unpaired) electrons. The van der Waals surface area contributed by atoms with Crippen LogP contribution in [-0.4, -0.2) is 19.0 Å². The Bertz CT molecular complexity index is 462. The molecule has 0 amide bonds. The van der Waals surface area contributed by atoms with E-state index in [2.05, 4.69) is 9.62 Å². The summed E-state index contributed by atoms with van der Waals surface area (Å²) in [4.78, 5) is 31.8. The van der Waals surface area contributed by atoms with E-state index in [4.69, 9.17) is 4.89 Å². The van der Waals surface area contributed by atoms with E-state index in [0.717, 1.165) is 17.7 Å². The molecule has 0 saturated carbocycles. The van der Waals surface area contributed by atoms with Crippen molar-refractivity contribution in [3.63, 3.8) is 0 Å². The van der Waals surface area contributed by atoms with Crippen LogP contribution < -0.4 is 0 Å². The van der Waals surface area contributed by atoms with Gasteiger partial charge in [-0.05, 0) is 19.4 Å². The highest BCUT2D eigenvalue weighted by Crippen LogP contribution is 2.24. The molecule has 19 heavy (non-hydrogen) atoms. The van der Waals surface area contributed by atoms with Crippen LogP contribution in [0.15, 0.2) is 42.5 Å². The molecule has 5 heteroatoms. The van der Waals surface area contributed by atoms with E-state index in [1.807, 2.05) is 30.3 Å². The van der Waals surface area contributed by atoms with Gasteiger partial charge in [0, 0.05) is 12.2 Å². The fraction of sp³-hybridized carbons (Fsp3) is 0.286. The maximum absolute atomic E-state index is 11.3. The zero-order valence-electron chi connectivity index (χ0n) is 11.1. The molecule has 1 aromatic carbocycles. The van der Waals surface area contributed by atoms with Gasteiger partial charge in [-0.1, -0.05) is 30.3 Å². The first-order valence-electron chi connectivity index (χ1n) is 5.67. The van der Waals surface area contributed by atoms with Gasteiger partial charge in [-0.3, -0.25) is 4.89 Å². The van der Waals surface area contributed by atoms with Crippen molar-refractivity contribution in [2.24, 2.45) is 0 Å². The molecule has 102 valence electrons. The zero-order chi connectivity index (χ0) is 14.3. The maximum atomic E-state index is 11.3. The van der Waals surface area contributed by atoms with Crippen LogP contribution in [0.2, 0.25) is 0 Å². The summed E-state index contributed by atoms with van der Waals surface area (Å²) in [6.07, 6.45) is 1.90. The first kappa shape index (κ1) is 14.9. The molecule has 0 aliphatic rings. The number of hydrogen-bond acceptors (Lipinski definition) is 5. The van der Waals surface area contributed by atoms with Gasteiger partial charge in [-0.2, -0.15) is 4.89 Å². The van der Waals surface area contributed by atoms with Crippen LogP contribution >= 0.6 is 0 Å². The fourth-order valence-electron chi connectivity index (χ4n) is 1.26. The summed E-state index contributed by atoms with van der Waals surface area (Å²) in [5.41, 5.74) is 0.0792. The summed E-state index contributed by atoms with van der Waals surface area (Å²) in [5, 5.41) is 0. The average Bonchev–Trinajstić information content (AvgIpc) is 2.43. The average molecular weight is 264 g/mol. The number of esters is 1. The van der Waals surface area contributed by atoms with Crippen molar-refractivity contribution in [2.75, 3.05) is 7.11 Å². The number of hydrogen-bond donors (Lipinski definition) is 0. The van der Waals surface area contributed by atoms with Crippen LogP contribution in [0.1, 0.15) is 19.4 Å². The lowest BCUT2D eigenvalue weighted by Gasteiger charge is -2.22. The van der Waals surface area contributed by atoms with Gasteiger partial charge in [0.15, 0.2) is 0 Å². The Kier molecular flexibility index (Phi) is 5.26. The smallest absolute Gasteiger partial charge is 0.366 e. The number of methoxy groups -OCH3 is 1. The van der Waals surface area contributed by atoms with E-state index in [0.29, 0.717) is 0 Å². The quantitative estimate of drug-likeness (QED) is 0.353. The van der Waals surface area contributed by atoms with Crippen molar-refractivity contribution in [1.82, 2.24) is 0 Å². The van der Waals surface area contributed by atoms with Crippen LogP contribution in [0.3, 0.4) is 0 Å². The lowest BCUT2D eigenvalue weighted by atomic mass is 9.99. The number of carbonyl (C=O) groups excluding carboxylic acids is 2. The van der Waals surface area contributed by atoms with Gasteiger partial charge in [0.2, 0.25) is 0 Å². The summed E-state index contributed by atoms with van der Waals surface area (Å²) < 4.78 is 4.34. The molecule has 0 aliphatic carbocycles. The lowest BCUT2D eigenvalue weighted by Crippen LogP contribution is -2.23. The number of rotatable bonds is 5. The minimum atomic E-state index is -0.783. The molecule has 1 aromatic rings. The van der Waals surface area contributed by atoms with E-state index in [1.165, 1.54) is 7.11 Å². The van der Waals surface area contributed by atoms with E-state index >= 15 is 0 Å². The van der Waals surface area contributed by atoms with Gasteiger partial charge in [0.05, 0.1) is 7.11 Å². The highest BCUT2D eigenvalue weighted by Gasteiger charge is 2.24. The van der Waals surface area contributed by atoms with Gasteiger partial charge < -0.3 is 4.74 Å². The van der Waals surface area contributed by atoms with E-state index in [-0.39, 0.29) is 0 Å². The zero-order valence-corrected chi connectivity index (χ0v) is 11.1. The van der Waals surface area contributed by atoms with Crippen LogP contribution in [0.4, 0.5) is 0 Å². The molecular weight excluding hydrogens is 248 g/mol. The molecule has 0 spiro atoms. The van der Waals surface area contributed by atoms with Gasteiger partial charge in [-0.15, -0.1) is 0 Å². The maximum Gasteiger partial charge on any atom is 0.366 e. The Labute approximate surface area is 111 Å². The molecular formula is C14H16O5. The van der Waals surface area contributed by atoms with Crippen LogP contribution in [0, 0.1) is 0 Å². The summed E-state index contributed by atoms with van der Waals surface area (Å²) in [6, 6.07) is 9.32. The van der Waals surface area contributed by atoms with Gasteiger partial charge in [-0.25, -0.2) is 9.59 Å². The van der Waals surface area contributed by atoms with Crippen molar-refractivity contribution in [2.45, 2.75) is 19.4 Å². The first-order chi connectivity index (χ1) is 8.95. The molecule has 0 N–H and O–H groups in total. The van der Waals surface area contributed by atoms with Gasteiger partial charge in [0.25, 0.3) is 0 Å². The third-order valence-corrected chi connectivity index (χ3v) is 2.36. The Morgan fingerprint density at radius 3 is 2.21 bits per heavy atom. The van der Waals surface area contributed by atoms with Gasteiger partial charge >= 0.3 is 11.9 Å². The summed E-state index contributed by atoms with van der Waals surface area (Å²) in [7, 11) is 1.22. The first-order valence-corrected chi connectivity index (χ1v) is 5.67. The molecule has 5 nitrogen and oxygen atoms in total. The second kappa shape index (κ2) is 6.70. The third kappa shape index (κ3) is 4.93. The SMILES string of the molecule is COC(=O)C=CC(=O)OOC(C)(C)c1ccccc1. The molecule has 0 heterocycles. The van der Waals surface area contributed by atoms with Crippen LogP contribution in [-0.2, 0) is 29.7 Å². The summed E-state index contributed by atoms with van der Waals surface area (Å²) in [6.45, 7) is 3.53. The predicted molar refractivity (Wildman–Crippen MR) is 67.8 cm³/mol. The molecule has 0 fully saturated rings. The number of carbonyl (C=O) groups is 2. The second-order valence-electron chi connectivity index (χ2n) is 4.22. The largest absolute Gasteiger partial charge is 0.466 e. The highest BCUT2D eigenvalue weighted by atomic mass is 17.2. The van der Waals surface area contributed by atoms with E-state index < -0.39 is 17.5 Å². The lowest BCUT2D eigenvalue weighted by molar-refractivity contribution is -0.326. The molecule has 0 aromatic heterocycles. The van der Waals surface area contributed by atoms with Crippen LogP contribution in [0.5, 0.6) is 0 Å². The minimum absolute atomic E-state index is 0.640. The Morgan fingerprint density at radius 1 is 1.05 bits per heavy atom. The van der Waals surface area contributed by atoms with Crippen molar-refractivity contribution >= 4 is 11.9 Å². The Balaban J connectivity index is 2.54. The predicted octanol–water partition coefficient (Wildman–Crippen LogP) is 2.13. The van der Waals surface area contributed by atoms with E-state index in [1.54, 1.807) is 13.8 Å². The Morgan fingerprint density at radius 2 is 1.63 bits per heavy atom.